The van der Waals surface area contributed by atoms with Crippen molar-refractivity contribution < 1.29 is 19.1 Å². The Morgan fingerprint density at radius 1 is 1.26 bits per heavy atom. The van der Waals surface area contributed by atoms with Crippen LogP contribution in [0.3, 0.4) is 0 Å². The minimum atomic E-state index is -0.452. The highest BCUT2D eigenvalue weighted by Gasteiger charge is 2.21. The van der Waals surface area contributed by atoms with Gasteiger partial charge < -0.3 is 14.8 Å². The Kier molecular flexibility index (Phi) is 6.29. The molecule has 2 rings (SSSR count). The molecule has 1 N–H and O–H groups in total. The lowest BCUT2D eigenvalue weighted by atomic mass is 10.2. The van der Waals surface area contributed by atoms with Crippen molar-refractivity contribution >= 4 is 23.7 Å². The van der Waals surface area contributed by atoms with Crippen molar-refractivity contribution in [3.63, 3.8) is 0 Å². The molecule has 6 heteroatoms. The molecule has 0 spiro atoms. The van der Waals surface area contributed by atoms with Gasteiger partial charge in [-0.1, -0.05) is 30.3 Å². The molecule has 1 aliphatic heterocycles. The lowest BCUT2D eigenvalue weighted by Gasteiger charge is -2.20. The molecule has 1 aliphatic rings. The fourth-order valence-corrected chi connectivity index (χ4v) is 2.78. The Labute approximate surface area is 139 Å². The van der Waals surface area contributed by atoms with Gasteiger partial charge in [-0.2, -0.15) is 0 Å². The average molecular weight is 333 g/mol. The SMILES string of the molecule is CCOC(=O)C1=C(C)CS/C(=C\C(=O)OCc2ccccc2)N1. The number of nitrogens with one attached hydrogen (secondary N) is 1. The van der Waals surface area contributed by atoms with Crippen LogP contribution in [0.15, 0.2) is 52.7 Å². The van der Waals surface area contributed by atoms with E-state index in [9.17, 15) is 9.59 Å². The number of rotatable bonds is 5. The molecule has 0 amide bonds. The maximum absolute atomic E-state index is 11.9. The number of carbonyl (C=O) groups is 2. The number of hydrogen-bond donors (Lipinski definition) is 1. The molecule has 23 heavy (non-hydrogen) atoms. The zero-order chi connectivity index (χ0) is 16.7. The number of benzene rings is 1. The summed E-state index contributed by atoms with van der Waals surface area (Å²) in [6, 6.07) is 9.46. The van der Waals surface area contributed by atoms with Gasteiger partial charge in [0.2, 0.25) is 0 Å². The normalized spacial score (nSPS) is 16.0. The highest BCUT2D eigenvalue weighted by Crippen LogP contribution is 2.25. The molecule has 1 aromatic rings. The molecule has 0 aliphatic carbocycles. The summed E-state index contributed by atoms with van der Waals surface area (Å²) in [7, 11) is 0. The van der Waals surface area contributed by atoms with Crippen molar-refractivity contribution in [1.82, 2.24) is 5.32 Å². The van der Waals surface area contributed by atoms with E-state index in [-0.39, 0.29) is 6.61 Å². The van der Waals surface area contributed by atoms with Gasteiger partial charge in [-0.25, -0.2) is 9.59 Å². The second-order valence-electron chi connectivity index (χ2n) is 4.89. The summed E-state index contributed by atoms with van der Waals surface area (Å²) in [5.41, 5.74) is 2.21. The first-order valence-electron chi connectivity index (χ1n) is 7.29. The number of esters is 2. The summed E-state index contributed by atoms with van der Waals surface area (Å²) in [5, 5.41) is 3.53. The second kappa shape index (κ2) is 8.43. The predicted molar refractivity (Wildman–Crippen MR) is 89.2 cm³/mol. The van der Waals surface area contributed by atoms with Crippen LogP contribution in [0.2, 0.25) is 0 Å². The van der Waals surface area contributed by atoms with Gasteiger partial charge in [0.1, 0.15) is 12.3 Å². The Morgan fingerprint density at radius 3 is 2.70 bits per heavy atom. The topological polar surface area (TPSA) is 64.6 Å². The minimum Gasteiger partial charge on any atom is -0.461 e. The van der Waals surface area contributed by atoms with E-state index in [0.29, 0.717) is 23.1 Å². The van der Waals surface area contributed by atoms with Crippen molar-refractivity contribution in [2.75, 3.05) is 12.4 Å². The summed E-state index contributed by atoms with van der Waals surface area (Å²) < 4.78 is 10.2. The molecule has 1 aromatic carbocycles. The van der Waals surface area contributed by atoms with Crippen LogP contribution in [0.4, 0.5) is 0 Å². The van der Waals surface area contributed by atoms with E-state index in [2.05, 4.69) is 5.32 Å². The van der Waals surface area contributed by atoms with Gasteiger partial charge in [-0.05, 0) is 25.0 Å². The number of ether oxygens (including phenoxy) is 2. The molecule has 0 fully saturated rings. The second-order valence-corrected chi connectivity index (χ2v) is 5.91. The Bertz CT molecular complexity index is 637. The molecule has 0 radical (unpaired) electrons. The van der Waals surface area contributed by atoms with Crippen molar-refractivity contribution in [3.05, 3.63) is 58.3 Å². The van der Waals surface area contributed by atoms with Crippen LogP contribution in [0.1, 0.15) is 19.4 Å². The molecule has 5 nitrogen and oxygen atoms in total. The lowest BCUT2D eigenvalue weighted by Crippen LogP contribution is -2.27. The van der Waals surface area contributed by atoms with Gasteiger partial charge in [0.15, 0.2) is 0 Å². The first-order chi connectivity index (χ1) is 11.1. The van der Waals surface area contributed by atoms with Crippen LogP contribution in [-0.2, 0) is 25.7 Å². The fourth-order valence-electron chi connectivity index (χ4n) is 1.91. The molecule has 0 saturated carbocycles. The molecule has 1 heterocycles. The van der Waals surface area contributed by atoms with Gasteiger partial charge in [0.25, 0.3) is 0 Å². The van der Waals surface area contributed by atoms with E-state index in [1.54, 1.807) is 6.92 Å². The van der Waals surface area contributed by atoms with Crippen molar-refractivity contribution in [1.29, 1.82) is 0 Å². The Morgan fingerprint density at radius 2 is 2.00 bits per heavy atom. The Hall–Kier alpha value is -2.21. The molecule has 122 valence electrons. The molecule has 0 aromatic heterocycles. The quantitative estimate of drug-likeness (QED) is 0.660. The standard InChI is InChI=1S/C17H19NO4S/c1-3-21-17(20)16-12(2)11-23-14(18-16)9-15(19)22-10-13-7-5-4-6-8-13/h4-9,18H,3,10-11H2,1-2H3/b14-9-. The first kappa shape index (κ1) is 17.1. The summed E-state index contributed by atoms with van der Waals surface area (Å²) in [4.78, 5) is 23.7. The fraction of sp³-hybridized carbons (Fsp3) is 0.294. The van der Waals surface area contributed by atoms with E-state index >= 15 is 0 Å². The van der Waals surface area contributed by atoms with Crippen LogP contribution in [-0.4, -0.2) is 24.3 Å². The van der Waals surface area contributed by atoms with E-state index in [4.69, 9.17) is 9.47 Å². The summed E-state index contributed by atoms with van der Waals surface area (Å²) in [5.74, 6) is -0.237. The first-order valence-corrected chi connectivity index (χ1v) is 8.27. The number of carbonyl (C=O) groups excluding carboxylic acids is 2. The third-order valence-electron chi connectivity index (χ3n) is 3.07. The summed E-state index contributed by atoms with van der Waals surface area (Å²) in [6.07, 6.45) is 1.36. The predicted octanol–water partition coefficient (Wildman–Crippen LogP) is 2.74. The van der Waals surface area contributed by atoms with Crippen LogP contribution in [0.5, 0.6) is 0 Å². The third kappa shape index (κ3) is 5.17. The van der Waals surface area contributed by atoms with Crippen LogP contribution in [0.25, 0.3) is 0 Å². The smallest absolute Gasteiger partial charge is 0.354 e. The highest BCUT2D eigenvalue weighted by atomic mass is 32.2. The largest absolute Gasteiger partial charge is 0.461 e. The molecule has 0 unspecified atom stereocenters. The van der Waals surface area contributed by atoms with E-state index in [0.717, 1.165) is 11.1 Å². The molecule has 0 atom stereocenters. The minimum absolute atomic E-state index is 0.216. The molecular formula is C17H19NO4S. The lowest BCUT2D eigenvalue weighted by molar-refractivity contribution is -0.140. The van der Waals surface area contributed by atoms with Gasteiger partial charge >= 0.3 is 11.9 Å². The number of hydrogen-bond acceptors (Lipinski definition) is 6. The summed E-state index contributed by atoms with van der Waals surface area (Å²) in [6.45, 7) is 4.14. The van der Waals surface area contributed by atoms with Crippen molar-refractivity contribution in [2.45, 2.75) is 20.5 Å². The van der Waals surface area contributed by atoms with Crippen LogP contribution >= 0.6 is 11.8 Å². The average Bonchev–Trinajstić information content (AvgIpc) is 2.56. The Balaban J connectivity index is 1.95. The van der Waals surface area contributed by atoms with Gasteiger partial charge in [-0.15, -0.1) is 11.8 Å². The van der Waals surface area contributed by atoms with E-state index in [1.807, 2.05) is 37.3 Å². The summed E-state index contributed by atoms with van der Waals surface area (Å²) >= 11 is 1.44. The molecule has 0 bridgehead atoms. The van der Waals surface area contributed by atoms with E-state index in [1.165, 1.54) is 17.8 Å². The van der Waals surface area contributed by atoms with Crippen LogP contribution in [0, 0.1) is 0 Å². The highest BCUT2D eigenvalue weighted by molar-refractivity contribution is 8.03. The molecular weight excluding hydrogens is 314 g/mol. The maximum atomic E-state index is 11.9. The zero-order valence-corrected chi connectivity index (χ0v) is 13.9. The van der Waals surface area contributed by atoms with Crippen molar-refractivity contribution in [2.24, 2.45) is 0 Å². The van der Waals surface area contributed by atoms with Gasteiger partial charge in [0, 0.05) is 5.75 Å². The van der Waals surface area contributed by atoms with Gasteiger partial charge in [-0.3, -0.25) is 0 Å². The van der Waals surface area contributed by atoms with Gasteiger partial charge in [0.05, 0.1) is 17.7 Å². The zero-order valence-electron chi connectivity index (χ0n) is 13.1. The third-order valence-corrected chi connectivity index (χ3v) is 4.18. The van der Waals surface area contributed by atoms with Crippen molar-refractivity contribution in [3.8, 4) is 0 Å². The molecule has 0 saturated heterocycles. The maximum Gasteiger partial charge on any atom is 0.354 e. The number of thioether (sulfide) groups is 1. The monoisotopic (exact) mass is 333 g/mol. The van der Waals surface area contributed by atoms with Crippen LogP contribution < -0.4 is 5.32 Å². The van der Waals surface area contributed by atoms with E-state index < -0.39 is 11.9 Å².